The van der Waals surface area contributed by atoms with Crippen LogP contribution in [0.15, 0.2) is 30.3 Å². The van der Waals surface area contributed by atoms with Crippen LogP contribution in [0, 0.1) is 0 Å². The zero-order valence-corrected chi connectivity index (χ0v) is 16.2. The molecule has 27 heavy (non-hydrogen) atoms. The number of H-pyrrole nitrogens is 1. The number of amides is 1. The molecule has 7 heteroatoms. The Morgan fingerprint density at radius 1 is 1.30 bits per heavy atom. The van der Waals surface area contributed by atoms with Gasteiger partial charge in [0.1, 0.15) is 11.4 Å². The summed E-state index contributed by atoms with van der Waals surface area (Å²) in [5.41, 5.74) is 0.711. The number of aliphatic hydroxyl groups is 1. The van der Waals surface area contributed by atoms with Gasteiger partial charge in [0.2, 0.25) is 0 Å². The average Bonchev–Trinajstić information content (AvgIpc) is 3.21. The Kier molecular flexibility index (Phi) is 5.79. The molecule has 1 aromatic carbocycles. The topological polar surface area (TPSA) is 91.3 Å². The minimum Gasteiger partial charge on any atom is -0.444 e. The Bertz CT molecular complexity index is 754. The highest BCUT2D eigenvalue weighted by Gasteiger charge is 2.39. The molecule has 2 atom stereocenters. The molecule has 1 saturated heterocycles. The smallest absolute Gasteiger partial charge is 0.411 e. The van der Waals surface area contributed by atoms with Gasteiger partial charge in [0, 0.05) is 12.8 Å². The van der Waals surface area contributed by atoms with Gasteiger partial charge in [-0.2, -0.15) is 5.10 Å². The monoisotopic (exact) mass is 372 g/mol. The minimum atomic E-state index is -0.589. The fraction of sp³-hybridized carbons (Fsp3) is 0.550. The number of aromatic nitrogens is 3. The largest absolute Gasteiger partial charge is 0.444 e. The molecule has 1 fully saturated rings. The van der Waals surface area contributed by atoms with Gasteiger partial charge in [-0.15, -0.1) is 0 Å². The van der Waals surface area contributed by atoms with Crippen molar-refractivity contribution >= 4 is 6.09 Å². The van der Waals surface area contributed by atoms with E-state index in [2.05, 4.69) is 27.3 Å². The number of nitrogens with zero attached hydrogens (tertiary/aromatic N) is 3. The predicted molar refractivity (Wildman–Crippen MR) is 101 cm³/mol. The lowest BCUT2D eigenvalue weighted by Crippen LogP contribution is -2.37. The van der Waals surface area contributed by atoms with Crippen LogP contribution in [-0.2, 0) is 17.6 Å². The van der Waals surface area contributed by atoms with E-state index in [1.165, 1.54) is 10.5 Å². The third kappa shape index (κ3) is 5.29. The molecule has 1 aromatic heterocycles. The summed E-state index contributed by atoms with van der Waals surface area (Å²) in [5, 5.41) is 17.3. The van der Waals surface area contributed by atoms with Crippen molar-refractivity contribution in [2.24, 2.45) is 0 Å². The highest BCUT2D eigenvalue weighted by molar-refractivity contribution is 5.69. The fourth-order valence-corrected chi connectivity index (χ4v) is 3.26. The zero-order valence-electron chi connectivity index (χ0n) is 16.2. The van der Waals surface area contributed by atoms with Crippen molar-refractivity contribution in [3.8, 4) is 0 Å². The lowest BCUT2D eigenvalue weighted by Gasteiger charge is -2.27. The van der Waals surface area contributed by atoms with Crippen LogP contribution in [-0.4, -0.2) is 49.5 Å². The normalized spacial score (nSPS) is 20.1. The number of aryl methyl sites for hydroxylation is 2. The summed E-state index contributed by atoms with van der Waals surface area (Å²) in [6.45, 7) is 5.71. The molecule has 2 heterocycles. The van der Waals surface area contributed by atoms with E-state index >= 15 is 0 Å². The molecule has 1 amide bonds. The second-order valence-corrected chi connectivity index (χ2v) is 8.01. The van der Waals surface area contributed by atoms with Crippen LogP contribution in [0.1, 0.15) is 56.9 Å². The summed E-state index contributed by atoms with van der Waals surface area (Å²) in [6, 6.07) is 9.97. The third-order valence-electron chi connectivity index (χ3n) is 4.48. The minimum absolute atomic E-state index is 0.240. The first-order chi connectivity index (χ1) is 12.8. The third-order valence-corrected chi connectivity index (χ3v) is 4.48. The lowest BCUT2D eigenvalue weighted by molar-refractivity contribution is 0.0201. The van der Waals surface area contributed by atoms with E-state index in [4.69, 9.17) is 4.74 Å². The zero-order chi connectivity index (χ0) is 19.4. The molecule has 146 valence electrons. The van der Waals surface area contributed by atoms with Gasteiger partial charge in [0.25, 0.3) is 0 Å². The van der Waals surface area contributed by atoms with Crippen LogP contribution >= 0.6 is 0 Å². The molecular formula is C20H28N4O3. The standard InChI is InChI=1S/C20H28N4O3/c1-20(2,3)27-19(26)24-13-15(25)12-16(24)18-21-17(22-23-18)11-7-10-14-8-5-4-6-9-14/h4-6,8-9,15-16,25H,7,10-13H2,1-3H3,(H,21,22,23)/t15-,16+/m1/s1. The number of nitrogens with one attached hydrogen (secondary N) is 1. The Morgan fingerprint density at radius 3 is 2.74 bits per heavy atom. The number of ether oxygens (including phenoxy) is 1. The second-order valence-electron chi connectivity index (χ2n) is 8.01. The molecule has 3 rings (SSSR count). The van der Waals surface area contributed by atoms with Gasteiger partial charge in [-0.25, -0.2) is 9.78 Å². The van der Waals surface area contributed by atoms with E-state index in [1.807, 2.05) is 39.0 Å². The molecule has 1 aliphatic heterocycles. The number of hydrogen-bond acceptors (Lipinski definition) is 5. The maximum atomic E-state index is 12.5. The van der Waals surface area contributed by atoms with E-state index in [-0.39, 0.29) is 12.6 Å². The van der Waals surface area contributed by atoms with E-state index in [1.54, 1.807) is 0 Å². The molecule has 7 nitrogen and oxygen atoms in total. The maximum Gasteiger partial charge on any atom is 0.411 e. The van der Waals surface area contributed by atoms with Gasteiger partial charge in [-0.3, -0.25) is 10.00 Å². The number of carbonyl (C=O) groups is 1. The SMILES string of the molecule is CC(C)(C)OC(=O)N1C[C@H](O)C[C@H]1c1nc(CCCc2ccccc2)n[nH]1. The molecule has 0 aliphatic carbocycles. The van der Waals surface area contributed by atoms with Gasteiger partial charge in [-0.1, -0.05) is 30.3 Å². The second kappa shape index (κ2) is 8.08. The highest BCUT2D eigenvalue weighted by Crippen LogP contribution is 2.31. The summed E-state index contributed by atoms with van der Waals surface area (Å²) in [7, 11) is 0. The van der Waals surface area contributed by atoms with Crippen molar-refractivity contribution in [2.45, 2.75) is 64.2 Å². The summed E-state index contributed by atoms with van der Waals surface area (Å²) in [5.74, 6) is 1.33. The van der Waals surface area contributed by atoms with Crippen molar-refractivity contribution in [3.05, 3.63) is 47.5 Å². The summed E-state index contributed by atoms with van der Waals surface area (Å²) in [4.78, 5) is 18.5. The number of aliphatic hydroxyl groups excluding tert-OH is 1. The van der Waals surface area contributed by atoms with Gasteiger partial charge in [0.15, 0.2) is 5.82 Å². The summed E-state index contributed by atoms with van der Waals surface area (Å²) < 4.78 is 5.46. The quantitative estimate of drug-likeness (QED) is 0.842. The van der Waals surface area contributed by atoms with E-state index < -0.39 is 17.8 Å². The number of β-amino-alcohol motifs (C(OH)–C–C–N with tert-alkyl or cyclic N) is 1. The summed E-state index contributed by atoms with van der Waals surface area (Å²) in [6.07, 6.45) is 2.08. The molecule has 0 spiro atoms. The van der Waals surface area contributed by atoms with Crippen LogP contribution in [0.5, 0.6) is 0 Å². The molecular weight excluding hydrogens is 344 g/mol. The molecule has 0 saturated carbocycles. The van der Waals surface area contributed by atoms with E-state index in [9.17, 15) is 9.90 Å². The Hall–Kier alpha value is -2.41. The van der Waals surface area contributed by atoms with E-state index in [0.717, 1.165) is 25.1 Å². The molecule has 0 unspecified atom stereocenters. The van der Waals surface area contributed by atoms with Crippen molar-refractivity contribution in [1.82, 2.24) is 20.1 Å². The number of likely N-dealkylation sites (tertiary alicyclic amines) is 1. The van der Waals surface area contributed by atoms with Gasteiger partial charge >= 0.3 is 6.09 Å². The van der Waals surface area contributed by atoms with Crippen LogP contribution in [0.3, 0.4) is 0 Å². The lowest BCUT2D eigenvalue weighted by atomic mass is 10.1. The van der Waals surface area contributed by atoms with Crippen LogP contribution in [0.25, 0.3) is 0 Å². The van der Waals surface area contributed by atoms with Crippen molar-refractivity contribution in [2.75, 3.05) is 6.54 Å². The first kappa shape index (κ1) is 19.4. The number of aromatic amines is 1. The van der Waals surface area contributed by atoms with E-state index in [0.29, 0.717) is 12.2 Å². The number of hydrogen-bond donors (Lipinski definition) is 2. The van der Waals surface area contributed by atoms with Gasteiger partial charge < -0.3 is 9.84 Å². The Morgan fingerprint density at radius 2 is 2.04 bits per heavy atom. The number of rotatable bonds is 5. The van der Waals surface area contributed by atoms with Gasteiger partial charge in [-0.05, 0) is 39.2 Å². The van der Waals surface area contributed by atoms with Crippen LogP contribution in [0.2, 0.25) is 0 Å². The van der Waals surface area contributed by atoms with Crippen molar-refractivity contribution in [1.29, 1.82) is 0 Å². The first-order valence-corrected chi connectivity index (χ1v) is 9.44. The summed E-state index contributed by atoms with van der Waals surface area (Å²) >= 11 is 0. The average molecular weight is 372 g/mol. The van der Waals surface area contributed by atoms with Crippen LogP contribution in [0.4, 0.5) is 4.79 Å². The van der Waals surface area contributed by atoms with Gasteiger partial charge in [0.05, 0.1) is 18.7 Å². The number of benzene rings is 1. The van der Waals surface area contributed by atoms with Crippen LogP contribution < -0.4 is 0 Å². The first-order valence-electron chi connectivity index (χ1n) is 9.44. The number of carbonyl (C=O) groups excluding carboxylic acids is 1. The van der Waals surface area contributed by atoms with Crippen molar-refractivity contribution in [3.63, 3.8) is 0 Å². The molecule has 1 aliphatic rings. The van der Waals surface area contributed by atoms with Crippen molar-refractivity contribution < 1.29 is 14.6 Å². The predicted octanol–water partition coefficient (Wildman–Crippen LogP) is 3.02. The highest BCUT2D eigenvalue weighted by atomic mass is 16.6. The Labute approximate surface area is 159 Å². The molecule has 2 aromatic rings. The molecule has 2 N–H and O–H groups in total. The fourth-order valence-electron chi connectivity index (χ4n) is 3.26. The molecule has 0 bridgehead atoms. The molecule has 0 radical (unpaired) electrons. The maximum absolute atomic E-state index is 12.5. The Balaban J connectivity index is 1.60.